The van der Waals surface area contributed by atoms with Gasteiger partial charge in [-0.3, -0.25) is 0 Å². The van der Waals surface area contributed by atoms with Crippen LogP contribution in [-0.4, -0.2) is 35.1 Å². The van der Waals surface area contributed by atoms with Crippen LogP contribution in [0.15, 0.2) is 47.6 Å². The number of fused-ring (bicyclic) bond motifs is 2. The standard InChI is InChI=1S/C20H20FN3OS/c1-13-8-9-17(21)15(12-13)18-22-24(19(25)23(2)3)20(26-18)11-10-14-6-4-5-7-16(14)20/h4-9,12H,10-11H2,1-3H3. The molecule has 1 aliphatic carbocycles. The van der Waals surface area contributed by atoms with Gasteiger partial charge in [0, 0.05) is 19.7 Å². The van der Waals surface area contributed by atoms with Gasteiger partial charge in [0.15, 0.2) is 0 Å². The molecular weight excluding hydrogens is 349 g/mol. The van der Waals surface area contributed by atoms with Crippen LogP contribution in [-0.2, 0) is 11.3 Å². The van der Waals surface area contributed by atoms with E-state index in [1.165, 1.54) is 28.3 Å². The molecule has 2 aromatic rings. The largest absolute Gasteiger partial charge is 0.341 e. The average Bonchev–Trinajstić information content (AvgIpc) is 3.19. The first-order valence-electron chi connectivity index (χ1n) is 8.56. The van der Waals surface area contributed by atoms with Crippen molar-refractivity contribution in [3.63, 3.8) is 0 Å². The number of benzene rings is 2. The summed E-state index contributed by atoms with van der Waals surface area (Å²) in [6, 6.07) is 12.9. The van der Waals surface area contributed by atoms with Crippen molar-refractivity contribution in [2.75, 3.05) is 14.1 Å². The number of hydrogen-bond acceptors (Lipinski definition) is 3. The molecule has 0 N–H and O–H groups in total. The van der Waals surface area contributed by atoms with Crippen molar-refractivity contribution in [1.29, 1.82) is 0 Å². The normalized spacial score (nSPS) is 21.1. The molecule has 0 saturated heterocycles. The molecule has 1 aliphatic heterocycles. The van der Waals surface area contributed by atoms with E-state index < -0.39 is 4.87 Å². The molecule has 0 aromatic heterocycles. The fraction of sp³-hybridized carbons (Fsp3) is 0.300. The third-order valence-electron chi connectivity index (χ3n) is 4.89. The van der Waals surface area contributed by atoms with E-state index in [1.807, 2.05) is 19.1 Å². The van der Waals surface area contributed by atoms with Gasteiger partial charge in [0.05, 0.1) is 0 Å². The fourth-order valence-corrected chi connectivity index (χ4v) is 5.01. The number of urea groups is 1. The molecule has 26 heavy (non-hydrogen) atoms. The average molecular weight is 369 g/mol. The number of carbonyl (C=O) groups excluding carboxylic acids is 1. The van der Waals surface area contributed by atoms with Gasteiger partial charge in [-0.15, -0.1) is 0 Å². The van der Waals surface area contributed by atoms with Crippen LogP contribution in [0, 0.1) is 12.7 Å². The van der Waals surface area contributed by atoms with E-state index in [1.54, 1.807) is 31.2 Å². The summed E-state index contributed by atoms with van der Waals surface area (Å²) < 4.78 is 14.5. The fourth-order valence-electron chi connectivity index (χ4n) is 3.58. The van der Waals surface area contributed by atoms with Crippen molar-refractivity contribution in [3.8, 4) is 0 Å². The Morgan fingerprint density at radius 1 is 1.27 bits per heavy atom. The molecule has 0 radical (unpaired) electrons. The van der Waals surface area contributed by atoms with Gasteiger partial charge >= 0.3 is 6.03 Å². The Morgan fingerprint density at radius 2 is 2.04 bits per heavy atom. The minimum atomic E-state index is -0.608. The third kappa shape index (κ3) is 2.51. The Kier molecular flexibility index (Phi) is 4.03. The zero-order chi connectivity index (χ0) is 18.5. The van der Waals surface area contributed by atoms with Crippen LogP contribution in [0.1, 0.15) is 28.7 Å². The second-order valence-electron chi connectivity index (χ2n) is 6.92. The van der Waals surface area contributed by atoms with Crippen molar-refractivity contribution in [1.82, 2.24) is 9.91 Å². The van der Waals surface area contributed by atoms with Crippen LogP contribution in [0.25, 0.3) is 0 Å². The van der Waals surface area contributed by atoms with Crippen molar-refractivity contribution in [2.45, 2.75) is 24.6 Å². The third-order valence-corrected chi connectivity index (χ3v) is 6.32. The molecule has 0 fully saturated rings. The molecule has 6 heteroatoms. The molecule has 4 nitrogen and oxygen atoms in total. The zero-order valence-electron chi connectivity index (χ0n) is 15.0. The van der Waals surface area contributed by atoms with Crippen LogP contribution in [0.3, 0.4) is 0 Å². The summed E-state index contributed by atoms with van der Waals surface area (Å²) in [7, 11) is 3.42. The number of amides is 2. The first-order valence-corrected chi connectivity index (χ1v) is 9.38. The van der Waals surface area contributed by atoms with Gasteiger partial charge in [0.2, 0.25) is 0 Å². The highest BCUT2D eigenvalue weighted by molar-refractivity contribution is 8.15. The lowest BCUT2D eigenvalue weighted by atomic mass is 10.1. The number of halogens is 1. The number of hydrazone groups is 1. The Bertz CT molecular complexity index is 927. The zero-order valence-corrected chi connectivity index (χ0v) is 15.8. The second-order valence-corrected chi connectivity index (χ2v) is 8.19. The van der Waals surface area contributed by atoms with E-state index >= 15 is 0 Å². The minimum absolute atomic E-state index is 0.197. The molecule has 1 spiro atoms. The number of thioether (sulfide) groups is 1. The highest BCUT2D eigenvalue weighted by Gasteiger charge is 2.52. The lowest BCUT2D eigenvalue weighted by Crippen LogP contribution is -2.44. The maximum absolute atomic E-state index is 14.5. The number of nitrogens with zero attached hydrogens (tertiary/aromatic N) is 3. The number of hydrogen-bond donors (Lipinski definition) is 0. The molecule has 2 aliphatic rings. The van der Waals surface area contributed by atoms with E-state index in [2.05, 4.69) is 17.2 Å². The Hall–Kier alpha value is -2.34. The van der Waals surface area contributed by atoms with Crippen molar-refractivity contribution >= 4 is 22.8 Å². The van der Waals surface area contributed by atoms with Gasteiger partial charge in [-0.05, 0) is 43.0 Å². The molecule has 134 valence electrons. The molecule has 2 amide bonds. The van der Waals surface area contributed by atoms with Gasteiger partial charge in [-0.25, -0.2) is 9.18 Å². The Labute approximate surface area is 156 Å². The Morgan fingerprint density at radius 3 is 2.81 bits per heavy atom. The molecule has 4 rings (SSSR count). The summed E-state index contributed by atoms with van der Waals surface area (Å²) in [6.07, 6.45) is 1.64. The van der Waals surface area contributed by atoms with Crippen LogP contribution >= 0.6 is 11.8 Å². The number of aryl methyl sites for hydroxylation is 2. The smallest absolute Gasteiger partial charge is 0.329 e. The van der Waals surface area contributed by atoms with Crippen LogP contribution in [0.4, 0.5) is 9.18 Å². The van der Waals surface area contributed by atoms with Crippen LogP contribution < -0.4 is 0 Å². The molecule has 1 unspecified atom stereocenters. The SMILES string of the molecule is Cc1ccc(F)c(C2=NN(C(=O)N(C)C)C3(CCc4ccccc43)S2)c1. The van der Waals surface area contributed by atoms with E-state index in [9.17, 15) is 9.18 Å². The summed E-state index contributed by atoms with van der Waals surface area (Å²) in [6.45, 7) is 1.92. The van der Waals surface area contributed by atoms with Crippen molar-refractivity contribution < 1.29 is 9.18 Å². The van der Waals surface area contributed by atoms with Gasteiger partial charge in [0.1, 0.15) is 15.7 Å². The quantitative estimate of drug-likeness (QED) is 0.750. The number of rotatable bonds is 1. The van der Waals surface area contributed by atoms with Gasteiger partial charge in [-0.1, -0.05) is 47.7 Å². The highest BCUT2D eigenvalue weighted by atomic mass is 32.2. The summed E-state index contributed by atoms with van der Waals surface area (Å²) >= 11 is 1.48. The predicted molar refractivity (Wildman–Crippen MR) is 103 cm³/mol. The summed E-state index contributed by atoms with van der Waals surface area (Å²) in [5.41, 5.74) is 3.72. The lowest BCUT2D eigenvalue weighted by Gasteiger charge is -2.33. The highest BCUT2D eigenvalue weighted by Crippen LogP contribution is 2.55. The minimum Gasteiger partial charge on any atom is -0.329 e. The summed E-state index contributed by atoms with van der Waals surface area (Å²) in [4.78, 5) is 13.8. The van der Waals surface area contributed by atoms with Crippen LogP contribution in [0.5, 0.6) is 0 Å². The first kappa shape index (κ1) is 17.1. The van der Waals surface area contributed by atoms with Gasteiger partial charge in [-0.2, -0.15) is 10.1 Å². The van der Waals surface area contributed by atoms with E-state index in [0.29, 0.717) is 10.6 Å². The molecular formula is C20H20FN3OS. The maximum Gasteiger partial charge on any atom is 0.341 e. The summed E-state index contributed by atoms with van der Waals surface area (Å²) in [5, 5.41) is 6.69. The Balaban J connectivity index is 1.85. The van der Waals surface area contributed by atoms with E-state index in [0.717, 1.165) is 24.0 Å². The monoisotopic (exact) mass is 369 g/mol. The molecule has 1 heterocycles. The van der Waals surface area contributed by atoms with Crippen LogP contribution in [0.2, 0.25) is 0 Å². The topological polar surface area (TPSA) is 35.9 Å². The molecule has 0 bridgehead atoms. The first-order chi connectivity index (χ1) is 12.4. The lowest BCUT2D eigenvalue weighted by molar-refractivity contribution is 0.143. The molecule has 0 saturated carbocycles. The van der Waals surface area contributed by atoms with Gasteiger partial charge < -0.3 is 4.90 Å². The maximum atomic E-state index is 14.5. The van der Waals surface area contributed by atoms with Crippen molar-refractivity contribution in [2.24, 2.45) is 5.10 Å². The second kappa shape index (κ2) is 6.13. The van der Waals surface area contributed by atoms with E-state index in [-0.39, 0.29) is 11.8 Å². The summed E-state index contributed by atoms with van der Waals surface area (Å²) in [5.74, 6) is -0.317. The van der Waals surface area contributed by atoms with Gasteiger partial charge in [0.25, 0.3) is 0 Å². The number of carbonyl (C=O) groups is 1. The van der Waals surface area contributed by atoms with Crippen molar-refractivity contribution in [3.05, 3.63) is 70.5 Å². The van der Waals surface area contributed by atoms with E-state index in [4.69, 9.17) is 0 Å². The molecule has 1 atom stereocenters. The predicted octanol–water partition coefficient (Wildman–Crippen LogP) is 4.33. The molecule has 2 aromatic carbocycles.